The van der Waals surface area contributed by atoms with E-state index in [1.807, 2.05) is 4.90 Å². The summed E-state index contributed by atoms with van der Waals surface area (Å²) in [5, 5.41) is 15.2. The number of hydrogen-bond donors (Lipinski definition) is 6. The molecule has 0 spiro atoms. The zero-order chi connectivity index (χ0) is 91.5. The van der Waals surface area contributed by atoms with Gasteiger partial charge in [0.2, 0.25) is 0 Å². The molecule has 12 aromatic rings. The van der Waals surface area contributed by atoms with Gasteiger partial charge in [0.15, 0.2) is 52.2 Å². The fraction of sp³-hybridized carbons (Fsp3) is 0.320. The molecule has 5 radical (unpaired) electrons. The number of methoxy groups -OCH3 is 3. The zero-order valence-corrected chi connectivity index (χ0v) is 71.4. The second-order valence-electron chi connectivity index (χ2n) is 26.1. The van der Waals surface area contributed by atoms with E-state index < -0.39 is 94.1 Å². The van der Waals surface area contributed by atoms with Crippen LogP contribution in [-0.4, -0.2) is 142 Å². The normalized spacial score (nSPS) is 13.3. The summed E-state index contributed by atoms with van der Waals surface area (Å²) < 4.78 is 290. The van der Waals surface area contributed by atoms with Gasteiger partial charge in [0.25, 0.3) is 0 Å². The molecule has 0 unspecified atom stereocenters. The molecule has 2 aliphatic heterocycles. The minimum atomic E-state index is -4.52. The van der Waals surface area contributed by atoms with Gasteiger partial charge in [-0.1, -0.05) is 67.8 Å². The Morgan fingerprint density at radius 1 is 0.500 bits per heavy atom. The van der Waals surface area contributed by atoms with Crippen LogP contribution in [-0.2, 0) is 50.2 Å². The van der Waals surface area contributed by atoms with Crippen LogP contribution in [0.15, 0.2) is 141 Å². The van der Waals surface area contributed by atoms with Crippen LogP contribution in [0.1, 0.15) is 74.1 Å². The van der Waals surface area contributed by atoms with Crippen molar-refractivity contribution < 1.29 is 121 Å². The molecule has 8 heterocycles. The molecule has 2 saturated heterocycles. The number of piperidine rings is 2. The number of H-pyrrole nitrogens is 3. The van der Waals surface area contributed by atoms with Gasteiger partial charge in [-0.3, -0.25) is 33.4 Å². The Bertz CT molecular complexity index is 5760. The topological polar surface area (TPSA) is 322 Å². The van der Waals surface area contributed by atoms with Gasteiger partial charge in [-0.25, -0.2) is 42.5 Å². The summed E-state index contributed by atoms with van der Waals surface area (Å²) in [6.07, 6.45) is -21.3. The number of halogens is 19. The first-order valence-electron chi connectivity index (χ1n) is 35.8. The fourth-order valence-corrected chi connectivity index (χ4v) is 15.4. The maximum absolute atomic E-state index is 15.0. The summed E-state index contributed by atoms with van der Waals surface area (Å²) in [7, 11) is 8.38. The number of hydrogen-bond acceptors (Lipinski definition) is 26. The number of rotatable bonds is 21. The monoisotopic (exact) mass is 1940 g/mol. The van der Waals surface area contributed by atoms with Crippen molar-refractivity contribution >= 4 is 94.9 Å². The van der Waals surface area contributed by atoms with E-state index in [0.29, 0.717) is 81.8 Å². The number of ether oxygens (including phenoxy) is 6. The van der Waals surface area contributed by atoms with Gasteiger partial charge in [-0.05, 0) is 113 Å². The molecule has 51 heteroatoms. The van der Waals surface area contributed by atoms with Crippen molar-refractivity contribution in [2.45, 2.75) is 95.2 Å². The molecule has 6 aromatic carbocycles. The predicted octanol–water partition coefficient (Wildman–Crippen LogP) is 18.9. The van der Waals surface area contributed by atoms with Crippen molar-refractivity contribution in [1.82, 2.24) is 55.6 Å². The number of nitrogens with zero attached hydrogens (tertiary/aromatic N) is 8. The Morgan fingerprint density at radius 2 is 0.802 bits per heavy atom. The molecule has 0 saturated carbocycles. The number of likely N-dealkylation sites (tertiary alicyclic amines) is 1. The van der Waals surface area contributed by atoms with E-state index in [2.05, 4.69) is 105 Å². The van der Waals surface area contributed by atoms with Gasteiger partial charge >= 0.3 is 93.3 Å². The predicted molar refractivity (Wildman–Crippen MR) is 432 cm³/mol. The van der Waals surface area contributed by atoms with E-state index >= 15 is 4.39 Å². The summed E-state index contributed by atoms with van der Waals surface area (Å²) >= 11 is 11.8. The zero-order valence-electron chi connectivity index (χ0n) is 65.3. The standard InChI is InChI=1S/C27H23F7N4O4S.C21H14BrF4N3O4S.C21H15F4N3O4S.C6H10F3N.Al.BHNS.B.HN/c1-40-20-11-21(18(28)10-17(20)23-36-25(39)42-37-23)41-13-22-19(12-38-8-6-16(7-9-38)27(32,33)34)35-24(43-22)14-2-4-15(5-3-14)26(29,30)31;1-31-15-7-16(13(23)6-12(15)18-28-20(30)33-29-18)32-9-17-14(8-22)27-19(34-17)10-2-4-11(5-3-10)21(24,25)26;1-10-17(33-19(26-10)11-3-5-12(6-4-11)21(23,24)25)9-31-16-8-15(30-2)13(7-14(16)22)18-27-20(29)32-28-18;7-6(8,9)5-1-3-10-4-2-5;;1-2-3;;/h2-5,10-11,16H,6-9,12-13H2,1H3,(H,36,37,39);2-7H,8-9H2,1H3,(H,28,29,30);3-8H,9H2,1-2H3,(H,27,28,29);5,10H,1-4H2;;3H;;1H. The van der Waals surface area contributed by atoms with Crippen LogP contribution in [0, 0.1) is 40.6 Å². The molecular weight excluding hydrogens is 1870 g/mol. The number of nitrogens with one attached hydrogen (secondary N) is 5. The summed E-state index contributed by atoms with van der Waals surface area (Å²) in [5.41, 5.74) is 1.25. The fourth-order valence-electron chi connectivity index (χ4n) is 11.8. The molecular formula is C75H64AlB2BrF18N13O12S4. The first-order valence-corrected chi connectivity index (χ1v) is 40.4. The number of aromatic amines is 3. The van der Waals surface area contributed by atoms with Crippen molar-refractivity contribution in [2.24, 2.45) is 16.1 Å². The van der Waals surface area contributed by atoms with Crippen molar-refractivity contribution in [3.63, 3.8) is 0 Å². The van der Waals surface area contributed by atoms with Crippen LogP contribution in [0.3, 0.4) is 0 Å². The Morgan fingerprint density at radius 3 is 1.10 bits per heavy atom. The average molecular weight is 1940 g/mol. The number of aryl methyl sites for hydroxylation is 1. The van der Waals surface area contributed by atoms with Gasteiger partial charge in [-0.15, -0.1) is 34.0 Å². The van der Waals surface area contributed by atoms with E-state index in [0.717, 1.165) is 65.9 Å². The maximum atomic E-state index is 15.0. The molecule has 2 aliphatic rings. The van der Waals surface area contributed by atoms with E-state index in [1.165, 1.54) is 98.6 Å². The summed E-state index contributed by atoms with van der Waals surface area (Å²) in [6.45, 7) is 2.99. The molecule has 6 aromatic heterocycles. The molecule has 0 aliphatic carbocycles. The summed E-state index contributed by atoms with van der Waals surface area (Å²) in [6, 6.07) is 20.9. The van der Waals surface area contributed by atoms with Gasteiger partial charge < -0.3 is 33.7 Å². The average Bonchev–Trinajstić information content (AvgIpc) is 1.59. The van der Waals surface area contributed by atoms with E-state index in [4.69, 9.17) is 32.8 Å². The molecule has 14 rings (SSSR count). The Balaban J connectivity index is 0.000000217. The Hall–Kier alpha value is -10.4. The molecule has 2 fully saturated rings. The van der Waals surface area contributed by atoms with E-state index in [9.17, 15) is 89.0 Å². The number of aromatic nitrogens is 9. The van der Waals surface area contributed by atoms with Crippen molar-refractivity contribution in [1.29, 1.82) is 4.35 Å². The van der Waals surface area contributed by atoms with Gasteiger partial charge in [-0.2, -0.15) is 65.9 Å². The second-order valence-corrected chi connectivity index (χ2v) is 30.1. The Labute approximate surface area is 737 Å². The molecule has 5 N–H and O–H groups in total. The van der Waals surface area contributed by atoms with Crippen molar-refractivity contribution in [3.05, 3.63) is 207 Å². The first kappa shape index (κ1) is 101. The number of thiol groups is 1. The van der Waals surface area contributed by atoms with Crippen molar-refractivity contribution in [3.8, 4) is 100 Å². The van der Waals surface area contributed by atoms with Gasteiger partial charge in [0.1, 0.15) is 52.1 Å². The van der Waals surface area contributed by atoms with Crippen LogP contribution in [0.2, 0.25) is 0 Å². The van der Waals surface area contributed by atoms with Crippen LogP contribution in [0.4, 0.5) is 79.0 Å². The van der Waals surface area contributed by atoms with Gasteiger partial charge in [0, 0.05) is 55.2 Å². The molecule has 667 valence electrons. The third kappa shape index (κ3) is 27.3. The molecule has 0 amide bonds. The number of benzene rings is 6. The third-order valence-corrected chi connectivity index (χ3v) is 22.1. The van der Waals surface area contributed by atoms with Crippen LogP contribution >= 0.6 is 62.8 Å². The minimum absolute atomic E-state index is 0. The third-order valence-electron chi connectivity index (χ3n) is 18.1. The quantitative estimate of drug-likeness (QED) is 0.0168. The Kier molecular flexibility index (Phi) is 35.9. The summed E-state index contributed by atoms with van der Waals surface area (Å²) in [4.78, 5) is 57.7. The van der Waals surface area contributed by atoms with Crippen LogP contribution in [0.25, 0.3) is 65.9 Å². The van der Waals surface area contributed by atoms with E-state index in [-0.39, 0.29) is 142 Å². The summed E-state index contributed by atoms with van der Waals surface area (Å²) in [5.74, 6) is -7.15. The molecule has 126 heavy (non-hydrogen) atoms. The number of thiazole rings is 3. The van der Waals surface area contributed by atoms with E-state index in [1.54, 1.807) is 23.0 Å². The molecule has 0 bridgehead atoms. The molecule has 25 nitrogen and oxygen atoms in total. The SMILES string of the molecule is COc1cc(OCc2sc(-c3ccc(C(F)(F)F)cc3)nc2C)c(F)cc1-c1noc(=O)[nH]1.COc1cc(OCc2sc(-c3ccc(C(F)(F)F)cc3)nc2CBr)c(F)cc1-c1noc(=O)[nH]1.COc1cc(OCc2sc(-c3ccc(C(F)(F)F)cc3)nc2CN2CCC(C(F)(F)F)CC2)c(F)cc1-c1noc(=O)[nH]1.FC(F)(F)C1CCNCC1.[B].[B]=NS.[NH]=[Al]. The molecule has 0 atom stereocenters. The van der Waals surface area contributed by atoms with Crippen molar-refractivity contribution in [2.75, 3.05) is 47.5 Å². The first-order chi connectivity index (χ1) is 59.2. The second kappa shape index (κ2) is 44.8. The van der Waals surface area contributed by atoms with Crippen LogP contribution in [0.5, 0.6) is 34.5 Å². The van der Waals surface area contributed by atoms with Gasteiger partial charge in [0.05, 0.1) is 98.3 Å². The van der Waals surface area contributed by atoms with Crippen LogP contribution < -0.4 is 51.0 Å². The number of alkyl halides is 16.